The van der Waals surface area contributed by atoms with Gasteiger partial charge in [-0.2, -0.15) is 5.10 Å². The van der Waals surface area contributed by atoms with E-state index >= 15 is 0 Å². The molecule has 0 aliphatic rings. The predicted molar refractivity (Wildman–Crippen MR) is 114 cm³/mol. The van der Waals surface area contributed by atoms with Crippen molar-refractivity contribution in [3.05, 3.63) is 17.5 Å². The summed E-state index contributed by atoms with van der Waals surface area (Å²) in [6.07, 6.45) is 1.36. The number of hydrogen-bond acceptors (Lipinski definition) is 3. The monoisotopic (exact) mass is 464 g/mol. The molecule has 3 N–H and O–H groups in total. The van der Waals surface area contributed by atoms with E-state index in [0.717, 1.165) is 31.2 Å². The van der Waals surface area contributed by atoms with Crippen LogP contribution in [0.2, 0.25) is 0 Å². The lowest BCUT2D eigenvalue weighted by molar-refractivity contribution is -0.121. The molecule has 1 heterocycles. The maximum absolute atomic E-state index is 11.6. The molecule has 0 aliphatic heterocycles. The number of carbonyl (C=O) groups is 1. The Labute approximate surface area is 168 Å². The number of guanidine groups is 1. The number of hydrogen-bond donors (Lipinski definition) is 3. The first-order valence-electron chi connectivity index (χ1n) is 8.75. The maximum Gasteiger partial charge on any atom is 0.221 e. The van der Waals surface area contributed by atoms with Crippen LogP contribution in [0.4, 0.5) is 0 Å². The third kappa shape index (κ3) is 10.3. The van der Waals surface area contributed by atoms with Crippen LogP contribution in [0, 0.1) is 13.8 Å². The average Bonchev–Trinajstić information content (AvgIpc) is 2.80. The van der Waals surface area contributed by atoms with Crippen LogP contribution in [-0.4, -0.2) is 47.3 Å². The molecular formula is C17H33IN6O. The highest BCUT2D eigenvalue weighted by molar-refractivity contribution is 14.0. The van der Waals surface area contributed by atoms with Crippen molar-refractivity contribution in [2.24, 2.45) is 4.99 Å². The summed E-state index contributed by atoms with van der Waals surface area (Å²) < 4.78 is 2.02. The van der Waals surface area contributed by atoms with Crippen LogP contribution in [-0.2, 0) is 11.3 Å². The quantitative estimate of drug-likeness (QED) is 0.226. The van der Waals surface area contributed by atoms with Gasteiger partial charge in [0.05, 0.1) is 5.69 Å². The lowest BCUT2D eigenvalue weighted by Crippen LogP contribution is -2.40. The fourth-order valence-electron chi connectivity index (χ4n) is 2.34. The molecular weight excluding hydrogens is 431 g/mol. The van der Waals surface area contributed by atoms with Gasteiger partial charge in [0.1, 0.15) is 0 Å². The highest BCUT2D eigenvalue weighted by Gasteiger charge is 2.04. The van der Waals surface area contributed by atoms with E-state index in [9.17, 15) is 4.79 Å². The van der Waals surface area contributed by atoms with Gasteiger partial charge in [-0.1, -0.05) is 0 Å². The van der Waals surface area contributed by atoms with E-state index in [2.05, 4.69) is 39.0 Å². The molecule has 0 aliphatic carbocycles. The number of aliphatic imine (C=N–C) groups is 1. The van der Waals surface area contributed by atoms with Gasteiger partial charge in [0, 0.05) is 44.3 Å². The maximum atomic E-state index is 11.6. The third-order valence-electron chi connectivity index (χ3n) is 3.34. The fourth-order valence-corrected chi connectivity index (χ4v) is 2.34. The SMILES string of the molecule is CCNC(=NCCCn1nc(C)cc1C)NCCC(=O)NC(C)C.I. The minimum atomic E-state index is 0. The summed E-state index contributed by atoms with van der Waals surface area (Å²) >= 11 is 0. The van der Waals surface area contributed by atoms with Crippen molar-refractivity contribution in [2.75, 3.05) is 19.6 Å². The lowest BCUT2D eigenvalue weighted by Gasteiger charge is -2.12. The highest BCUT2D eigenvalue weighted by atomic mass is 127. The minimum absolute atomic E-state index is 0. The second-order valence-electron chi connectivity index (χ2n) is 6.16. The number of carbonyl (C=O) groups excluding carboxylic acids is 1. The van der Waals surface area contributed by atoms with Gasteiger partial charge in [-0.3, -0.25) is 14.5 Å². The molecule has 7 nitrogen and oxygen atoms in total. The second kappa shape index (κ2) is 13.0. The van der Waals surface area contributed by atoms with E-state index in [1.54, 1.807) is 0 Å². The summed E-state index contributed by atoms with van der Waals surface area (Å²) in [7, 11) is 0. The molecule has 1 amide bonds. The smallest absolute Gasteiger partial charge is 0.221 e. The predicted octanol–water partition coefficient (Wildman–Crippen LogP) is 1.98. The second-order valence-corrected chi connectivity index (χ2v) is 6.16. The standard InChI is InChI=1S/C17H32N6O.HI/c1-6-18-17(20-10-8-16(24)21-13(2)3)19-9-7-11-23-15(5)12-14(4)22-23;/h12-13H,6-11H2,1-5H3,(H,21,24)(H2,18,19,20);1H. The summed E-state index contributed by atoms with van der Waals surface area (Å²) in [4.78, 5) is 16.2. The first kappa shape index (κ1) is 23.7. The summed E-state index contributed by atoms with van der Waals surface area (Å²) in [5.74, 6) is 0.807. The topological polar surface area (TPSA) is 83.3 Å². The molecule has 0 saturated heterocycles. The molecule has 0 aromatic carbocycles. The first-order valence-corrected chi connectivity index (χ1v) is 8.75. The van der Waals surface area contributed by atoms with Gasteiger partial charge >= 0.3 is 0 Å². The van der Waals surface area contributed by atoms with E-state index in [-0.39, 0.29) is 35.9 Å². The van der Waals surface area contributed by atoms with Crippen LogP contribution >= 0.6 is 24.0 Å². The van der Waals surface area contributed by atoms with Crippen LogP contribution in [0.1, 0.15) is 45.0 Å². The summed E-state index contributed by atoms with van der Waals surface area (Å²) in [6, 6.07) is 2.26. The van der Waals surface area contributed by atoms with Crippen LogP contribution in [0.5, 0.6) is 0 Å². The zero-order valence-corrected chi connectivity index (χ0v) is 18.4. The molecule has 0 saturated carbocycles. The van der Waals surface area contributed by atoms with Crippen molar-refractivity contribution < 1.29 is 4.79 Å². The molecule has 8 heteroatoms. The molecule has 0 atom stereocenters. The van der Waals surface area contributed by atoms with E-state index in [1.165, 1.54) is 5.69 Å². The molecule has 0 fully saturated rings. The number of aromatic nitrogens is 2. The molecule has 1 aromatic heterocycles. The van der Waals surface area contributed by atoms with Crippen LogP contribution < -0.4 is 16.0 Å². The first-order chi connectivity index (χ1) is 11.4. The molecule has 144 valence electrons. The molecule has 1 rings (SSSR count). The Kier molecular flexibility index (Phi) is 12.3. The van der Waals surface area contributed by atoms with Crippen molar-refractivity contribution >= 4 is 35.8 Å². The number of halogens is 1. The van der Waals surface area contributed by atoms with Crippen molar-refractivity contribution in [1.82, 2.24) is 25.7 Å². The van der Waals surface area contributed by atoms with Crippen LogP contribution in [0.25, 0.3) is 0 Å². The van der Waals surface area contributed by atoms with Gasteiger partial charge in [0.2, 0.25) is 5.91 Å². The molecule has 0 spiro atoms. The Balaban J connectivity index is 0.00000576. The Morgan fingerprint density at radius 2 is 2.04 bits per heavy atom. The molecule has 1 aromatic rings. The number of rotatable bonds is 9. The van der Waals surface area contributed by atoms with E-state index < -0.39 is 0 Å². The van der Waals surface area contributed by atoms with Gasteiger partial charge in [-0.05, 0) is 47.1 Å². The van der Waals surface area contributed by atoms with Gasteiger partial charge < -0.3 is 16.0 Å². The number of nitrogens with one attached hydrogen (secondary N) is 3. The van der Waals surface area contributed by atoms with E-state index in [4.69, 9.17) is 0 Å². The number of aryl methyl sites for hydroxylation is 3. The minimum Gasteiger partial charge on any atom is -0.357 e. The van der Waals surface area contributed by atoms with Crippen molar-refractivity contribution in [1.29, 1.82) is 0 Å². The average molecular weight is 464 g/mol. The Morgan fingerprint density at radius 3 is 2.60 bits per heavy atom. The zero-order valence-electron chi connectivity index (χ0n) is 16.1. The molecule has 0 unspecified atom stereocenters. The fraction of sp³-hybridized carbons (Fsp3) is 0.706. The van der Waals surface area contributed by atoms with Crippen molar-refractivity contribution in [2.45, 2.75) is 60.0 Å². The zero-order chi connectivity index (χ0) is 17.9. The summed E-state index contributed by atoms with van der Waals surface area (Å²) in [5, 5.41) is 13.7. The van der Waals surface area contributed by atoms with Gasteiger partial charge in [-0.25, -0.2) is 0 Å². The molecule has 0 bridgehead atoms. The number of amides is 1. The lowest BCUT2D eigenvalue weighted by atomic mass is 10.3. The van der Waals surface area contributed by atoms with Crippen LogP contribution in [0.3, 0.4) is 0 Å². The van der Waals surface area contributed by atoms with Gasteiger partial charge in [0.25, 0.3) is 0 Å². The summed E-state index contributed by atoms with van der Waals surface area (Å²) in [6.45, 7) is 13.0. The van der Waals surface area contributed by atoms with E-state index in [1.807, 2.05) is 32.4 Å². The highest BCUT2D eigenvalue weighted by Crippen LogP contribution is 2.02. The normalized spacial score (nSPS) is 11.2. The Bertz CT molecular complexity index is 541. The van der Waals surface area contributed by atoms with Gasteiger partial charge in [-0.15, -0.1) is 24.0 Å². The van der Waals surface area contributed by atoms with E-state index in [0.29, 0.717) is 19.5 Å². The largest absolute Gasteiger partial charge is 0.357 e. The van der Waals surface area contributed by atoms with Crippen LogP contribution in [0.15, 0.2) is 11.1 Å². The Hall–Kier alpha value is -1.32. The van der Waals surface area contributed by atoms with Crippen molar-refractivity contribution in [3.63, 3.8) is 0 Å². The Morgan fingerprint density at radius 1 is 1.32 bits per heavy atom. The van der Waals surface area contributed by atoms with Gasteiger partial charge in [0.15, 0.2) is 5.96 Å². The summed E-state index contributed by atoms with van der Waals surface area (Å²) in [5.41, 5.74) is 2.23. The molecule has 0 radical (unpaired) electrons. The number of nitrogens with zero attached hydrogens (tertiary/aromatic N) is 3. The van der Waals surface area contributed by atoms with Crippen molar-refractivity contribution in [3.8, 4) is 0 Å². The molecule has 25 heavy (non-hydrogen) atoms. The third-order valence-corrected chi connectivity index (χ3v) is 3.34.